The predicted octanol–water partition coefficient (Wildman–Crippen LogP) is 3.48. The lowest BCUT2D eigenvalue weighted by Crippen LogP contribution is -1.95. The number of hydrogen-bond acceptors (Lipinski definition) is 1. The number of carboxylic acid groups (broad SMARTS) is 1. The fourth-order valence-electron chi connectivity index (χ4n) is 0.927. The molecule has 0 saturated heterocycles. The Kier molecular flexibility index (Phi) is 3.55. The molecule has 0 spiro atoms. The molecule has 4 heteroatoms. The third-order valence-corrected chi connectivity index (χ3v) is 2.36. The molecule has 0 atom stereocenters. The lowest BCUT2D eigenvalue weighted by molar-refractivity contribution is -0.132. The van der Waals surface area contributed by atoms with E-state index in [2.05, 4.69) is 0 Å². The molecule has 1 aromatic rings. The molecule has 0 aromatic heterocycles. The van der Waals surface area contributed by atoms with Crippen molar-refractivity contribution in [3.63, 3.8) is 0 Å². The molecule has 0 heterocycles. The predicted molar refractivity (Wildman–Crippen MR) is 57.7 cm³/mol. The Morgan fingerprint density at radius 1 is 1.36 bits per heavy atom. The first-order chi connectivity index (χ1) is 6.52. The third kappa shape index (κ3) is 2.50. The van der Waals surface area contributed by atoms with Crippen molar-refractivity contribution in [3.8, 4) is 0 Å². The Labute approximate surface area is 91.8 Å². The monoisotopic (exact) mass is 230 g/mol. The number of benzene rings is 1. The Morgan fingerprint density at radius 3 is 2.29 bits per heavy atom. The molecule has 0 aliphatic rings. The summed E-state index contributed by atoms with van der Waals surface area (Å²) >= 11 is 11.7. The molecule has 0 amide bonds. The van der Waals surface area contributed by atoms with Gasteiger partial charge in [0.25, 0.3) is 0 Å². The van der Waals surface area contributed by atoms with Gasteiger partial charge in [0.1, 0.15) is 0 Å². The minimum Gasteiger partial charge on any atom is -0.478 e. The number of carboxylic acids is 1. The van der Waals surface area contributed by atoms with Gasteiger partial charge in [-0.15, -0.1) is 0 Å². The van der Waals surface area contributed by atoms with E-state index in [0.717, 1.165) is 0 Å². The van der Waals surface area contributed by atoms with Crippen LogP contribution in [0.2, 0.25) is 10.0 Å². The zero-order valence-electron chi connectivity index (χ0n) is 7.42. The maximum Gasteiger partial charge on any atom is 0.331 e. The van der Waals surface area contributed by atoms with Gasteiger partial charge < -0.3 is 5.11 Å². The Hall–Kier alpha value is -0.990. The van der Waals surface area contributed by atoms with Crippen LogP contribution in [0.15, 0.2) is 23.8 Å². The summed E-state index contributed by atoms with van der Waals surface area (Å²) < 4.78 is 0. The summed E-state index contributed by atoms with van der Waals surface area (Å²) in [6.45, 7) is 1.49. The average molecular weight is 231 g/mol. The zero-order chi connectivity index (χ0) is 10.7. The Balaban J connectivity index is 3.20. The molecule has 0 radical (unpaired) electrons. The van der Waals surface area contributed by atoms with Crippen LogP contribution in [0.4, 0.5) is 0 Å². The van der Waals surface area contributed by atoms with Crippen molar-refractivity contribution in [2.45, 2.75) is 6.92 Å². The van der Waals surface area contributed by atoms with Gasteiger partial charge in [-0.2, -0.15) is 0 Å². The van der Waals surface area contributed by atoms with Gasteiger partial charge in [0.05, 0.1) is 0 Å². The number of carbonyl (C=O) groups is 1. The maximum atomic E-state index is 10.6. The lowest BCUT2D eigenvalue weighted by atomic mass is 10.1. The number of hydrogen-bond donors (Lipinski definition) is 1. The molecule has 0 unspecified atom stereocenters. The van der Waals surface area contributed by atoms with Crippen LogP contribution < -0.4 is 0 Å². The first-order valence-electron chi connectivity index (χ1n) is 3.88. The molecule has 2 nitrogen and oxygen atoms in total. The highest BCUT2D eigenvalue weighted by atomic mass is 35.5. The Bertz CT molecular complexity index is 377. The van der Waals surface area contributed by atoms with E-state index in [-0.39, 0.29) is 5.57 Å². The van der Waals surface area contributed by atoms with Gasteiger partial charge in [-0.05, 0) is 25.1 Å². The van der Waals surface area contributed by atoms with Crippen LogP contribution in [0, 0.1) is 0 Å². The fraction of sp³-hybridized carbons (Fsp3) is 0.100. The molecule has 1 rings (SSSR count). The van der Waals surface area contributed by atoms with E-state index >= 15 is 0 Å². The van der Waals surface area contributed by atoms with E-state index in [9.17, 15) is 4.79 Å². The van der Waals surface area contributed by atoms with Gasteiger partial charge in [-0.25, -0.2) is 4.79 Å². The van der Waals surface area contributed by atoms with Gasteiger partial charge in [0, 0.05) is 21.2 Å². The summed E-state index contributed by atoms with van der Waals surface area (Å²) in [6.07, 6.45) is 1.45. The van der Waals surface area contributed by atoms with Crippen LogP contribution in [0.1, 0.15) is 12.5 Å². The Morgan fingerprint density at radius 2 is 1.86 bits per heavy atom. The molecule has 1 aromatic carbocycles. The number of rotatable bonds is 2. The summed E-state index contributed by atoms with van der Waals surface area (Å²) in [6, 6.07) is 5.03. The van der Waals surface area contributed by atoms with Crippen LogP contribution in [-0.4, -0.2) is 11.1 Å². The molecular formula is C10H8Cl2O2. The first-order valence-corrected chi connectivity index (χ1v) is 4.63. The molecule has 1 N–H and O–H groups in total. The SMILES string of the molecule is C/C(=C\c1c(Cl)cccc1Cl)C(=O)O. The summed E-state index contributed by atoms with van der Waals surface area (Å²) in [4.78, 5) is 10.6. The molecule has 0 aliphatic carbocycles. The summed E-state index contributed by atoms with van der Waals surface area (Å²) in [5.41, 5.74) is 0.732. The van der Waals surface area contributed by atoms with Crippen molar-refractivity contribution in [2.24, 2.45) is 0 Å². The van der Waals surface area contributed by atoms with Crippen LogP contribution in [0.3, 0.4) is 0 Å². The van der Waals surface area contributed by atoms with Crippen molar-refractivity contribution in [3.05, 3.63) is 39.4 Å². The van der Waals surface area contributed by atoms with Crippen LogP contribution in [0.5, 0.6) is 0 Å². The first kappa shape index (κ1) is 11.1. The standard InChI is InChI=1S/C10H8Cl2O2/c1-6(10(13)14)5-7-8(11)3-2-4-9(7)12/h2-5H,1H3,(H,13,14)/b6-5+. The quantitative estimate of drug-likeness (QED) is 0.791. The highest BCUT2D eigenvalue weighted by molar-refractivity contribution is 6.37. The minimum absolute atomic E-state index is 0.194. The van der Waals surface area contributed by atoms with Gasteiger partial charge in [-0.3, -0.25) is 0 Å². The van der Waals surface area contributed by atoms with Crippen molar-refractivity contribution in [1.82, 2.24) is 0 Å². The van der Waals surface area contributed by atoms with Crippen molar-refractivity contribution >= 4 is 35.2 Å². The summed E-state index contributed by atoms with van der Waals surface area (Å²) in [5.74, 6) is -0.985. The van der Waals surface area contributed by atoms with Crippen molar-refractivity contribution in [1.29, 1.82) is 0 Å². The fourth-order valence-corrected chi connectivity index (χ4v) is 1.43. The molecule has 74 valence electrons. The summed E-state index contributed by atoms with van der Waals surface area (Å²) in [5, 5.41) is 9.56. The highest BCUT2D eigenvalue weighted by Gasteiger charge is 2.05. The highest BCUT2D eigenvalue weighted by Crippen LogP contribution is 2.26. The lowest BCUT2D eigenvalue weighted by Gasteiger charge is -2.01. The smallest absolute Gasteiger partial charge is 0.331 e. The molecular weight excluding hydrogens is 223 g/mol. The molecule has 0 bridgehead atoms. The van der Waals surface area contributed by atoms with Crippen LogP contribution >= 0.6 is 23.2 Å². The van der Waals surface area contributed by atoms with E-state index in [1.165, 1.54) is 13.0 Å². The van der Waals surface area contributed by atoms with E-state index < -0.39 is 5.97 Å². The molecule has 14 heavy (non-hydrogen) atoms. The van der Waals surface area contributed by atoms with E-state index in [0.29, 0.717) is 15.6 Å². The average Bonchev–Trinajstić information content (AvgIpc) is 2.11. The van der Waals surface area contributed by atoms with Crippen molar-refractivity contribution < 1.29 is 9.90 Å². The second-order valence-corrected chi connectivity index (χ2v) is 3.58. The van der Waals surface area contributed by atoms with Gasteiger partial charge in [0.15, 0.2) is 0 Å². The maximum absolute atomic E-state index is 10.6. The van der Waals surface area contributed by atoms with E-state index in [1.807, 2.05) is 0 Å². The summed E-state index contributed by atoms with van der Waals surface area (Å²) in [7, 11) is 0. The third-order valence-electron chi connectivity index (χ3n) is 1.70. The van der Waals surface area contributed by atoms with Crippen LogP contribution in [0.25, 0.3) is 6.08 Å². The van der Waals surface area contributed by atoms with E-state index in [1.54, 1.807) is 18.2 Å². The molecule has 0 fully saturated rings. The van der Waals surface area contributed by atoms with Gasteiger partial charge in [0.2, 0.25) is 0 Å². The number of halogens is 2. The molecule has 0 saturated carbocycles. The second-order valence-electron chi connectivity index (χ2n) is 2.77. The minimum atomic E-state index is -0.985. The van der Waals surface area contributed by atoms with E-state index in [4.69, 9.17) is 28.3 Å². The topological polar surface area (TPSA) is 37.3 Å². The van der Waals surface area contributed by atoms with Crippen molar-refractivity contribution in [2.75, 3.05) is 0 Å². The molecule has 0 aliphatic heterocycles. The normalized spacial score (nSPS) is 11.5. The van der Waals surface area contributed by atoms with Crippen LogP contribution in [-0.2, 0) is 4.79 Å². The largest absolute Gasteiger partial charge is 0.478 e. The van der Waals surface area contributed by atoms with Gasteiger partial charge >= 0.3 is 5.97 Å². The van der Waals surface area contributed by atoms with Gasteiger partial charge in [-0.1, -0.05) is 29.3 Å². The zero-order valence-corrected chi connectivity index (χ0v) is 8.93. The second kappa shape index (κ2) is 4.49. The number of aliphatic carboxylic acids is 1.